The summed E-state index contributed by atoms with van der Waals surface area (Å²) in [6, 6.07) is 7.74. The number of carbonyl (C=O) groups is 1. The minimum atomic E-state index is -0.896. The van der Waals surface area contributed by atoms with E-state index in [9.17, 15) is 22.9 Å². The zero-order chi connectivity index (χ0) is 27.8. The summed E-state index contributed by atoms with van der Waals surface area (Å²) in [4.78, 5) is 31.4. The number of carbonyl (C=O) groups excluding carboxylic acids is 1. The first-order valence-electron chi connectivity index (χ1n) is 12.0. The Morgan fingerprint density at radius 2 is 1.65 bits per heavy atom. The van der Waals surface area contributed by atoms with Gasteiger partial charge in [-0.2, -0.15) is 10.2 Å². The van der Waals surface area contributed by atoms with Gasteiger partial charge in [0, 0.05) is 18.9 Å². The van der Waals surface area contributed by atoms with Crippen molar-refractivity contribution in [2.75, 3.05) is 7.11 Å². The molecule has 0 atom stereocenters. The highest BCUT2D eigenvalue weighted by Crippen LogP contribution is 2.58. The predicted molar refractivity (Wildman–Crippen MR) is 133 cm³/mol. The van der Waals surface area contributed by atoms with E-state index >= 15 is 0 Å². The number of halogens is 3. The third kappa shape index (κ3) is 6.17. The minimum Gasteiger partial charge on any atom is -0.453 e. The van der Waals surface area contributed by atoms with Gasteiger partial charge < -0.3 is 4.74 Å². The van der Waals surface area contributed by atoms with Crippen LogP contribution < -0.4 is 10.3 Å². The first-order chi connectivity index (χ1) is 17.8. The van der Waals surface area contributed by atoms with Gasteiger partial charge in [0.25, 0.3) is 5.56 Å². The van der Waals surface area contributed by atoms with Crippen molar-refractivity contribution in [1.29, 1.82) is 5.26 Å². The van der Waals surface area contributed by atoms with E-state index in [1.807, 2.05) is 27.7 Å². The van der Waals surface area contributed by atoms with Crippen LogP contribution in [0.15, 0.2) is 41.5 Å². The molecule has 0 saturated heterocycles. The molecule has 0 amide bonds. The third-order valence-corrected chi connectivity index (χ3v) is 6.02. The van der Waals surface area contributed by atoms with Crippen molar-refractivity contribution in [2.24, 2.45) is 5.41 Å². The van der Waals surface area contributed by atoms with Crippen LogP contribution in [-0.4, -0.2) is 22.4 Å². The highest BCUT2D eigenvalue weighted by Gasteiger charge is 2.53. The van der Waals surface area contributed by atoms with Crippen LogP contribution in [-0.2, 0) is 9.74 Å². The molecule has 1 spiro atoms. The second-order valence-corrected chi connectivity index (χ2v) is 8.19. The topological polar surface area (TPSA) is 94.2 Å². The van der Waals surface area contributed by atoms with Crippen molar-refractivity contribution in [2.45, 2.75) is 59.4 Å². The van der Waals surface area contributed by atoms with E-state index in [1.54, 1.807) is 16.7 Å². The average molecular weight is 518 g/mol. The van der Waals surface area contributed by atoms with Crippen molar-refractivity contribution in [1.82, 2.24) is 9.55 Å². The smallest absolute Gasteiger partial charge is 0.261 e. The molecule has 0 N–H and O–H groups in total. The largest absolute Gasteiger partial charge is 0.453 e. The van der Waals surface area contributed by atoms with Gasteiger partial charge in [0.15, 0.2) is 11.6 Å². The van der Waals surface area contributed by atoms with E-state index < -0.39 is 22.9 Å². The molecule has 0 radical (unpaired) electrons. The molecule has 0 unspecified atom stereocenters. The quantitative estimate of drug-likeness (QED) is 0.389. The number of ether oxygens (including phenoxy) is 1. The molecule has 10 heteroatoms. The van der Waals surface area contributed by atoms with Gasteiger partial charge in [-0.3, -0.25) is 14.2 Å². The van der Waals surface area contributed by atoms with Crippen LogP contribution in [0.1, 0.15) is 65.0 Å². The maximum absolute atomic E-state index is 14.1. The standard InChI is InChI=1S/C22H15F2N3O3.2C2H6.CH3FO/c23-17-2-3-18(24)20(16(17)10-25)30-14-1-4-19-15(5-14)21(29)27(11-26-19)12-6-22(7-12)8-13(28)9-22;2*1-2;1-3-2/h1-5,11-12H,6-9H2;2*1-2H3;1H3. The van der Waals surface area contributed by atoms with Gasteiger partial charge in [-0.15, -0.1) is 0 Å². The Morgan fingerprint density at radius 3 is 2.22 bits per heavy atom. The fraction of sp³-hybridized carbons (Fsp3) is 0.407. The summed E-state index contributed by atoms with van der Waals surface area (Å²) in [5.74, 6) is -1.95. The molecule has 2 aromatic carbocycles. The number of fused-ring (bicyclic) bond motifs is 1. The van der Waals surface area contributed by atoms with Crippen molar-refractivity contribution >= 4 is 16.7 Å². The Balaban J connectivity index is 0.000000630. The number of rotatable bonds is 3. The molecule has 1 aromatic heterocycles. The maximum atomic E-state index is 14.1. The Hall–Kier alpha value is -3.71. The summed E-state index contributed by atoms with van der Waals surface area (Å²) < 4.78 is 44.7. The summed E-state index contributed by atoms with van der Waals surface area (Å²) in [5.41, 5.74) is -0.328. The monoisotopic (exact) mass is 517 g/mol. The first kappa shape index (κ1) is 29.5. The van der Waals surface area contributed by atoms with Crippen LogP contribution in [0.4, 0.5) is 13.3 Å². The third-order valence-electron chi connectivity index (χ3n) is 6.02. The number of hydrogen-bond donors (Lipinski definition) is 0. The predicted octanol–water partition coefficient (Wildman–Crippen LogP) is 6.59. The molecular weight excluding hydrogens is 487 g/mol. The highest BCUT2D eigenvalue weighted by atomic mass is 19.3. The van der Waals surface area contributed by atoms with Crippen LogP contribution in [0.3, 0.4) is 0 Å². The molecule has 0 bridgehead atoms. The maximum Gasteiger partial charge on any atom is 0.261 e. The van der Waals surface area contributed by atoms with Crippen molar-refractivity contribution in [3.05, 3.63) is 64.2 Å². The van der Waals surface area contributed by atoms with E-state index in [2.05, 4.69) is 9.93 Å². The Kier molecular flexibility index (Phi) is 10.4. The number of ketones is 1. The van der Waals surface area contributed by atoms with Crippen LogP contribution in [0.25, 0.3) is 10.9 Å². The fourth-order valence-corrected chi connectivity index (χ4v) is 4.50. The summed E-state index contributed by atoms with van der Waals surface area (Å²) in [6.45, 7) is 8.00. The SMILES string of the molecule is CC.CC.COF.N#Cc1c(F)ccc(F)c1Oc1ccc2ncn(C3CC4(CC(=O)C4)C3)c(=O)c2c1. The lowest BCUT2D eigenvalue weighted by atomic mass is 9.53. The van der Waals surface area contributed by atoms with Crippen molar-refractivity contribution in [3.8, 4) is 17.6 Å². The van der Waals surface area contributed by atoms with Crippen LogP contribution in [0.5, 0.6) is 11.5 Å². The molecular formula is C27H30F3N3O4. The highest BCUT2D eigenvalue weighted by molar-refractivity contribution is 5.86. The van der Waals surface area contributed by atoms with Gasteiger partial charge in [-0.05, 0) is 53.1 Å². The second-order valence-electron chi connectivity index (χ2n) is 8.19. The van der Waals surface area contributed by atoms with E-state index in [4.69, 9.17) is 10.00 Å². The Bertz CT molecular complexity index is 1340. The van der Waals surface area contributed by atoms with Crippen LogP contribution in [0.2, 0.25) is 0 Å². The number of nitrogens with zero attached hydrogens (tertiary/aromatic N) is 3. The lowest BCUT2D eigenvalue weighted by Gasteiger charge is -2.53. The number of Topliss-reactive ketones (excluding diaryl/α,β-unsaturated/α-hetero) is 1. The molecule has 37 heavy (non-hydrogen) atoms. The van der Waals surface area contributed by atoms with Crippen molar-refractivity contribution < 1.29 is 27.8 Å². The normalized spacial score (nSPS) is 14.9. The number of nitriles is 1. The zero-order valence-corrected chi connectivity index (χ0v) is 21.5. The minimum absolute atomic E-state index is 0.0158. The van der Waals surface area contributed by atoms with Gasteiger partial charge in [-0.25, -0.2) is 13.8 Å². The van der Waals surface area contributed by atoms with Gasteiger partial charge in [0.2, 0.25) is 0 Å². The van der Waals surface area contributed by atoms with Crippen LogP contribution in [0, 0.1) is 28.4 Å². The fourth-order valence-electron chi connectivity index (χ4n) is 4.50. The Labute approximate surface area is 213 Å². The van der Waals surface area contributed by atoms with Gasteiger partial charge >= 0.3 is 0 Å². The van der Waals surface area contributed by atoms with Gasteiger partial charge in [-0.1, -0.05) is 27.7 Å². The number of hydrogen-bond acceptors (Lipinski definition) is 6. The molecule has 1 heterocycles. The molecule has 0 aliphatic heterocycles. The lowest BCUT2D eigenvalue weighted by Crippen LogP contribution is -2.50. The van der Waals surface area contributed by atoms with Gasteiger partial charge in [0.05, 0.1) is 24.3 Å². The molecule has 2 saturated carbocycles. The second kappa shape index (κ2) is 13.0. The van der Waals surface area contributed by atoms with Crippen molar-refractivity contribution in [3.63, 3.8) is 0 Å². The summed E-state index contributed by atoms with van der Waals surface area (Å²) in [6.07, 6.45) is 4.20. The molecule has 2 aliphatic carbocycles. The van der Waals surface area contributed by atoms with E-state index in [0.717, 1.165) is 32.1 Å². The Morgan fingerprint density at radius 1 is 1.05 bits per heavy atom. The zero-order valence-electron chi connectivity index (χ0n) is 21.5. The summed E-state index contributed by atoms with van der Waals surface area (Å²) in [5, 5.41) is 9.39. The average Bonchev–Trinajstić information content (AvgIpc) is 2.87. The molecule has 198 valence electrons. The van der Waals surface area contributed by atoms with E-state index in [1.165, 1.54) is 18.5 Å². The molecule has 3 aromatic rings. The number of benzene rings is 2. The first-order valence-corrected chi connectivity index (χ1v) is 12.0. The van der Waals surface area contributed by atoms with Gasteiger partial charge in [0.1, 0.15) is 29.0 Å². The summed E-state index contributed by atoms with van der Waals surface area (Å²) in [7, 11) is 0.958. The number of aromatic nitrogens is 2. The van der Waals surface area contributed by atoms with Crippen LogP contribution >= 0.6 is 0 Å². The molecule has 2 fully saturated rings. The van der Waals surface area contributed by atoms with E-state index in [0.29, 0.717) is 18.4 Å². The molecule has 7 nitrogen and oxygen atoms in total. The molecule has 5 rings (SSSR count). The lowest BCUT2D eigenvalue weighted by molar-refractivity contribution is -0.141. The van der Waals surface area contributed by atoms with E-state index in [-0.39, 0.29) is 33.9 Å². The summed E-state index contributed by atoms with van der Waals surface area (Å²) >= 11 is 0. The molecule has 2 aliphatic rings.